The molecule has 1 amide bonds. The maximum atomic E-state index is 12.2. The minimum Gasteiger partial charge on any atom is -0.480 e. The summed E-state index contributed by atoms with van der Waals surface area (Å²) in [6.45, 7) is 0. The van der Waals surface area contributed by atoms with E-state index in [1.807, 2.05) is 30.3 Å². The molecule has 130 valence electrons. The minimum atomic E-state index is -1.07. The molecule has 0 aliphatic heterocycles. The third kappa shape index (κ3) is 5.63. The number of nitrogens with one attached hydrogen (secondary N) is 2. The highest BCUT2D eigenvalue weighted by Gasteiger charge is 2.18. The van der Waals surface area contributed by atoms with Crippen LogP contribution >= 0.6 is 0 Å². The van der Waals surface area contributed by atoms with Gasteiger partial charge in [0.05, 0.1) is 5.69 Å². The fourth-order valence-electron chi connectivity index (χ4n) is 2.14. The average Bonchev–Trinajstić information content (AvgIpc) is 2.58. The summed E-state index contributed by atoms with van der Waals surface area (Å²) >= 11 is 0. The van der Waals surface area contributed by atoms with E-state index in [0.29, 0.717) is 11.3 Å². The van der Waals surface area contributed by atoms with Gasteiger partial charge in [-0.1, -0.05) is 36.4 Å². The fraction of sp³-hybridized carbons (Fsp3) is 0.118. The molecule has 0 saturated heterocycles. The molecule has 0 spiro atoms. The SMILES string of the molecule is NC(N)=Nc1cccc(C(=O)NNC(Cc2ccccc2)C(=O)O)c1. The number of aliphatic imine (C=N–C) groups is 1. The summed E-state index contributed by atoms with van der Waals surface area (Å²) in [4.78, 5) is 27.4. The average molecular weight is 341 g/mol. The van der Waals surface area contributed by atoms with Crippen LogP contribution in [0, 0.1) is 0 Å². The summed E-state index contributed by atoms with van der Waals surface area (Å²) in [5.41, 5.74) is 17.1. The molecular weight excluding hydrogens is 322 g/mol. The fourth-order valence-corrected chi connectivity index (χ4v) is 2.14. The molecule has 0 bridgehead atoms. The number of guanidine groups is 1. The number of aliphatic carboxylic acids is 1. The molecule has 0 aliphatic rings. The van der Waals surface area contributed by atoms with Crippen molar-refractivity contribution in [2.24, 2.45) is 16.5 Å². The van der Waals surface area contributed by atoms with Crippen molar-refractivity contribution in [2.45, 2.75) is 12.5 Å². The Hall–Kier alpha value is -3.39. The van der Waals surface area contributed by atoms with Crippen LogP contribution in [0.25, 0.3) is 0 Å². The van der Waals surface area contributed by atoms with Gasteiger partial charge in [0.25, 0.3) is 5.91 Å². The largest absolute Gasteiger partial charge is 0.480 e. The van der Waals surface area contributed by atoms with Crippen molar-refractivity contribution in [2.75, 3.05) is 0 Å². The number of hydrazine groups is 1. The van der Waals surface area contributed by atoms with E-state index in [2.05, 4.69) is 15.8 Å². The molecule has 0 radical (unpaired) electrons. The van der Waals surface area contributed by atoms with E-state index in [-0.39, 0.29) is 12.4 Å². The Balaban J connectivity index is 2.01. The zero-order chi connectivity index (χ0) is 18.2. The normalized spacial score (nSPS) is 11.4. The van der Waals surface area contributed by atoms with Gasteiger partial charge in [-0.25, -0.2) is 10.4 Å². The molecule has 0 aliphatic carbocycles. The van der Waals surface area contributed by atoms with E-state index in [1.54, 1.807) is 18.2 Å². The number of hydrogen-bond donors (Lipinski definition) is 5. The Morgan fingerprint density at radius 1 is 1.08 bits per heavy atom. The minimum absolute atomic E-state index is 0.121. The van der Waals surface area contributed by atoms with Gasteiger partial charge in [0.2, 0.25) is 0 Å². The molecule has 0 heterocycles. The molecule has 25 heavy (non-hydrogen) atoms. The van der Waals surface area contributed by atoms with Crippen LogP contribution in [0.1, 0.15) is 15.9 Å². The molecule has 0 saturated carbocycles. The molecule has 2 aromatic carbocycles. The van der Waals surface area contributed by atoms with Crippen molar-refractivity contribution in [1.29, 1.82) is 0 Å². The van der Waals surface area contributed by atoms with Crippen LogP contribution in [0.3, 0.4) is 0 Å². The first kappa shape index (κ1) is 18.0. The number of rotatable bonds is 7. The van der Waals surface area contributed by atoms with Crippen molar-refractivity contribution in [1.82, 2.24) is 10.9 Å². The highest BCUT2D eigenvalue weighted by atomic mass is 16.4. The Bertz CT molecular complexity index is 773. The summed E-state index contributed by atoms with van der Waals surface area (Å²) in [6, 6.07) is 14.5. The van der Waals surface area contributed by atoms with E-state index < -0.39 is 17.9 Å². The summed E-state index contributed by atoms with van der Waals surface area (Å²) in [7, 11) is 0. The molecule has 8 heteroatoms. The van der Waals surface area contributed by atoms with Crippen LogP contribution in [0.15, 0.2) is 59.6 Å². The highest BCUT2D eigenvalue weighted by molar-refractivity contribution is 5.95. The van der Waals surface area contributed by atoms with Gasteiger partial charge in [0.1, 0.15) is 6.04 Å². The van der Waals surface area contributed by atoms with Crippen LogP contribution in [0.2, 0.25) is 0 Å². The molecule has 1 unspecified atom stereocenters. The number of carboxylic acids is 1. The van der Waals surface area contributed by atoms with Crippen LogP contribution in [-0.4, -0.2) is 29.0 Å². The van der Waals surface area contributed by atoms with E-state index in [1.165, 1.54) is 6.07 Å². The number of carbonyl (C=O) groups excluding carboxylic acids is 1. The summed E-state index contributed by atoms with van der Waals surface area (Å²) in [6.07, 6.45) is 0.227. The monoisotopic (exact) mass is 341 g/mol. The van der Waals surface area contributed by atoms with Gasteiger partial charge in [-0.3, -0.25) is 15.0 Å². The Labute approximate surface area is 144 Å². The molecular formula is C17H19N5O3. The summed E-state index contributed by atoms with van der Waals surface area (Å²) in [5, 5.41) is 9.30. The summed E-state index contributed by atoms with van der Waals surface area (Å²) in [5.74, 6) is -1.69. The number of nitrogens with two attached hydrogens (primary N) is 2. The third-order valence-electron chi connectivity index (χ3n) is 3.31. The predicted molar refractivity (Wildman–Crippen MR) is 94.1 cm³/mol. The predicted octanol–water partition coefficient (Wildman–Crippen LogP) is 0.522. The van der Waals surface area contributed by atoms with Gasteiger partial charge in [-0.15, -0.1) is 0 Å². The van der Waals surface area contributed by atoms with Gasteiger partial charge in [0.15, 0.2) is 5.96 Å². The van der Waals surface area contributed by atoms with Crippen molar-refractivity contribution < 1.29 is 14.7 Å². The molecule has 0 aromatic heterocycles. The first-order chi connectivity index (χ1) is 12.0. The smallest absolute Gasteiger partial charge is 0.322 e. The van der Waals surface area contributed by atoms with Gasteiger partial charge < -0.3 is 16.6 Å². The highest BCUT2D eigenvalue weighted by Crippen LogP contribution is 2.13. The number of nitrogens with zero attached hydrogens (tertiary/aromatic N) is 1. The van der Waals surface area contributed by atoms with Gasteiger partial charge >= 0.3 is 5.97 Å². The number of hydrogen-bond acceptors (Lipinski definition) is 4. The molecule has 2 aromatic rings. The lowest BCUT2D eigenvalue weighted by Gasteiger charge is -2.15. The number of amides is 1. The lowest BCUT2D eigenvalue weighted by atomic mass is 10.1. The van der Waals surface area contributed by atoms with Gasteiger partial charge in [-0.2, -0.15) is 0 Å². The number of benzene rings is 2. The second kappa shape index (κ2) is 8.46. The van der Waals surface area contributed by atoms with Crippen molar-refractivity contribution in [3.63, 3.8) is 0 Å². The van der Waals surface area contributed by atoms with E-state index in [4.69, 9.17) is 11.5 Å². The number of carbonyl (C=O) groups is 2. The Kier molecular flexibility index (Phi) is 6.08. The first-order valence-corrected chi connectivity index (χ1v) is 7.48. The maximum absolute atomic E-state index is 12.2. The van der Waals surface area contributed by atoms with Crippen molar-refractivity contribution in [3.8, 4) is 0 Å². The Morgan fingerprint density at radius 3 is 2.44 bits per heavy atom. The first-order valence-electron chi connectivity index (χ1n) is 7.48. The van der Waals surface area contributed by atoms with Crippen molar-refractivity contribution >= 4 is 23.5 Å². The Morgan fingerprint density at radius 2 is 1.80 bits per heavy atom. The van der Waals surface area contributed by atoms with Crippen LogP contribution in [-0.2, 0) is 11.2 Å². The quantitative estimate of drug-likeness (QED) is 0.282. The number of carboxylic acid groups (broad SMARTS) is 1. The topological polar surface area (TPSA) is 143 Å². The van der Waals surface area contributed by atoms with E-state index >= 15 is 0 Å². The third-order valence-corrected chi connectivity index (χ3v) is 3.31. The van der Waals surface area contributed by atoms with E-state index in [0.717, 1.165) is 5.56 Å². The standard InChI is InChI=1S/C17H19N5O3/c18-17(19)20-13-8-4-7-12(10-13)15(23)22-21-14(16(24)25)9-11-5-2-1-3-6-11/h1-8,10,14,21H,9H2,(H,22,23)(H,24,25)(H4,18,19,20). The lowest BCUT2D eigenvalue weighted by Crippen LogP contribution is -2.49. The van der Waals surface area contributed by atoms with Gasteiger partial charge in [0, 0.05) is 12.0 Å². The second-order valence-electron chi connectivity index (χ2n) is 5.27. The maximum Gasteiger partial charge on any atom is 0.322 e. The van der Waals surface area contributed by atoms with E-state index in [9.17, 15) is 14.7 Å². The van der Waals surface area contributed by atoms with Gasteiger partial charge in [-0.05, 0) is 23.8 Å². The van der Waals surface area contributed by atoms with Crippen LogP contribution < -0.4 is 22.3 Å². The summed E-state index contributed by atoms with van der Waals surface area (Å²) < 4.78 is 0. The zero-order valence-electron chi connectivity index (χ0n) is 13.3. The van der Waals surface area contributed by atoms with Crippen LogP contribution in [0.5, 0.6) is 0 Å². The lowest BCUT2D eigenvalue weighted by molar-refractivity contribution is -0.139. The molecule has 8 nitrogen and oxygen atoms in total. The molecule has 0 fully saturated rings. The molecule has 7 N–H and O–H groups in total. The second-order valence-corrected chi connectivity index (χ2v) is 5.27. The molecule has 1 atom stereocenters. The zero-order valence-corrected chi connectivity index (χ0v) is 13.3. The van der Waals surface area contributed by atoms with Crippen molar-refractivity contribution in [3.05, 3.63) is 65.7 Å². The molecule has 2 rings (SSSR count). The van der Waals surface area contributed by atoms with Crippen LogP contribution in [0.4, 0.5) is 5.69 Å².